The Kier molecular flexibility index (Phi) is 11.0. The van der Waals surface area contributed by atoms with E-state index >= 15 is 0 Å². The standard InChI is InChI=1S/C21H30N6O.HI/c1-26(2)19-12-8-11-18(25-19)15-23-21(24-16-20(28)27(3)4)22-14-13-17-9-6-5-7-10-17;/h5-12H,13-16H2,1-4H3,(H2,22,23,24);1H. The van der Waals surface area contributed by atoms with Crippen molar-refractivity contribution in [1.82, 2.24) is 20.5 Å². The van der Waals surface area contributed by atoms with Crippen LogP contribution in [0.2, 0.25) is 0 Å². The minimum absolute atomic E-state index is 0. The molecule has 2 rings (SSSR count). The van der Waals surface area contributed by atoms with Gasteiger partial charge in [-0.05, 0) is 24.1 Å². The number of hydrogen-bond acceptors (Lipinski definition) is 4. The van der Waals surface area contributed by atoms with E-state index in [0.29, 0.717) is 12.5 Å². The van der Waals surface area contributed by atoms with Crippen LogP contribution in [0.3, 0.4) is 0 Å². The number of rotatable bonds is 8. The fourth-order valence-electron chi connectivity index (χ4n) is 2.43. The molecule has 1 heterocycles. The van der Waals surface area contributed by atoms with Crippen LogP contribution in [0, 0.1) is 0 Å². The Balaban J connectivity index is 0.00000420. The molecule has 2 N–H and O–H groups in total. The number of benzene rings is 1. The number of carbonyl (C=O) groups excluding carboxylic acids is 1. The molecule has 1 aromatic carbocycles. The number of amides is 1. The Morgan fingerprint density at radius 2 is 1.72 bits per heavy atom. The van der Waals surface area contributed by atoms with Gasteiger partial charge in [0.25, 0.3) is 0 Å². The van der Waals surface area contributed by atoms with E-state index in [1.54, 1.807) is 19.0 Å². The minimum Gasteiger partial charge on any atom is -0.363 e. The molecule has 1 amide bonds. The number of aliphatic imine (C=N–C) groups is 1. The first-order valence-corrected chi connectivity index (χ1v) is 9.35. The summed E-state index contributed by atoms with van der Waals surface area (Å²) in [5, 5.41) is 6.40. The van der Waals surface area contributed by atoms with Gasteiger partial charge in [0.2, 0.25) is 5.91 Å². The lowest BCUT2D eigenvalue weighted by molar-refractivity contribution is -0.127. The van der Waals surface area contributed by atoms with Gasteiger partial charge in [-0.25, -0.2) is 9.98 Å². The molecule has 0 unspecified atom stereocenters. The molecular weight excluding hydrogens is 479 g/mol. The van der Waals surface area contributed by atoms with Crippen molar-refractivity contribution in [1.29, 1.82) is 0 Å². The number of likely N-dealkylation sites (N-methyl/N-ethyl adjacent to an activating group) is 1. The lowest BCUT2D eigenvalue weighted by Gasteiger charge is -2.15. The molecule has 7 nitrogen and oxygen atoms in total. The zero-order valence-corrected chi connectivity index (χ0v) is 19.9. The summed E-state index contributed by atoms with van der Waals surface area (Å²) >= 11 is 0. The van der Waals surface area contributed by atoms with Crippen LogP contribution in [0.5, 0.6) is 0 Å². The zero-order valence-electron chi connectivity index (χ0n) is 17.6. The van der Waals surface area contributed by atoms with E-state index in [1.165, 1.54) is 5.56 Å². The quantitative estimate of drug-likeness (QED) is 0.324. The van der Waals surface area contributed by atoms with Crippen molar-refractivity contribution in [2.75, 3.05) is 46.2 Å². The number of nitrogens with one attached hydrogen (secondary N) is 2. The molecule has 0 saturated heterocycles. The molecule has 0 aliphatic heterocycles. The number of halogens is 1. The molecule has 0 fully saturated rings. The molecule has 2 aromatic rings. The minimum atomic E-state index is -0.00899. The van der Waals surface area contributed by atoms with Crippen molar-refractivity contribution in [3.63, 3.8) is 0 Å². The summed E-state index contributed by atoms with van der Waals surface area (Å²) < 4.78 is 0. The van der Waals surface area contributed by atoms with Crippen LogP contribution >= 0.6 is 24.0 Å². The number of carbonyl (C=O) groups is 1. The molecule has 0 atom stereocenters. The second-order valence-corrected chi connectivity index (χ2v) is 6.85. The molecule has 0 aliphatic carbocycles. The third-order valence-corrected chi connectivity index (χ3v) is 4.10. The largest absolute Gasteiger partial charge is 0.363 e. The van der Waals surface area contributed by atoms with Gasteiger partial charge in [-0.1, -0.05) is 36.4 Å². The Bertz CT molecular complexity index is 780. The molecule has 0 bridgehead atoms. The SMILES string of the molecule is CN(C)C(=O)CNC(=NCc1cccc(N(C)C)n1)NCCc1ccccc1.I. The average Bonchev–Trinajstić information content (AvgIpc) is 2.70. The third kappa shape index (κ3) is 9.12. The van der Waals surface area contributed by atoms with Crippen molar-refractivity contribution >= 4 is 41.7 Å². The van der Waals surface area contributed by atoms with Gasteiger partial charge in [0.15, 0.2) is 5.96 Å². The normalized spacial score (nSPS) is 10.7. The number of pyridine rings is 1. The second-order valence-electron chi connectivity index (χ2n) is 6.85. The molecular formula is C21H31IN6O. The van der Waals surface area contributed by atoms with E-state index in [4.69, 9.17) is 0 Å². The number of aromatic nitrogens is 1. The maximum atomic E-state index is 11.9. The summed E-state index contributed by atoms with van der Waals surface area (Å²) in [7, 11) is 7.39. The zero-order chi connectivity index (χ0) is 20.4. The Labute approximate surface area is 190 Å². The highest BCUT2D eigenvalue weighted by atomic mass is 127. The molecule has 29 heavy (non-hydrogen) atoms. The van der Waals surface area contributed by atoms with Gasteiger partial charge in [-0.15, -0.1) is 24.0 Å². The molecule has 8 heteroatoms. The molecule has 158 valence electrons. The lowest BCUT2D eigenvalue weighted by atomic mass is 10.1. The van der Waals surface area contributed by atoms with Crippen LogP contribution in [0.1, 0.15) is 11.3 Å². The van der Waals surface area contributed by atoms with Crippen molar-refractivity contribution in [3.8, 4) is 0 Å². The van der Waals surface area contributed by atoms with Crippen molar-refractivity contribution < 1.29 is 4.79 Å². The monoisotopic (exact) mass is 510 g/mol. The van der Waals surface area contributed by atoms with Gasteiger partial charge in [-0.2, -0.15) is 0 Å². The maximum Gasteiger partial charge on any atom is 0.241 e. The molecule has 0 saturated carbocycles. The summed E-state index contributed by atoms with van der Waals surface area (Å²) in [5.41, 5.74) is 2.12. The highest BCUT2D eigenvalue weighted by Gasteiger charge is 2.06. The number of anilines is 1. The van der Waals surface area contributed by atoms with Gasteiger partial charge in [0.1, 0.15) is 5.82 Å². The summed E-state index contributed by atoms with van der Waals surface area (Å²) in [6.07, 6.45) is 0.873. The third-order valence-electron chi connectivity index (χ3n) is 4.10. The first kappa shape index (κ1) is 24.7. The Hall–Kier alpha value is -2.36. The molecule has 0 radical (unpaired) electrons. The van der Waals surface area contributed by atoms with Crippen LogP contribution in [-0.4, -0.2) is 63.0 Å². The molecule has 0 aliphatic rings. The van der Waals surface area contributed by atoms with E-state index in [9.17, 15) is 4.79 Å². The van der Waals surface area contributed by atoms with Crippen LogP contribution in [0.15, 0.2) is 53.5 Å². The summed E-state index contributed by atoms with van der Waals surface area (Å²) in [6.45, 7) is 1.34. The lowest BCUT2D eigenvalue weighted by Crippen LogP contribution is -2.43. The van der Waals surface area contributed by atoms with Gasteiger partial charge in [0, 0.05) is 34.7 Å². The van der Waals surface area contributed by atoms with Gasteiger partial charge in [0.05, 0.1) is 18.8 Å². The predicted molar refractivity (Wildman–Crippen MR) is 130 cm³/mol. The smallest absolute Gasteiger partial charge is 0.241 e. The van der Waals surface area contributed by atoms with E-state index in [2.05, 4.69) is 32.7 Å². The Morgan fingerprint density at radius 3 is 2.38 bits per heavy atom. The Morgan fingerprint density at radius 1 is 1.00 bits per heavy atom. The van der Waals surface area contributed by atoms with E-state index in [-0.39, 0.29) is 36.4 Å². The summed E-state index contributed by atoms with van der Waals surface area (Å²) in [6, 6.07) is 16.1. The van der Waals surface area contributed by atoms with Crippen molar-refractivity contribution in [2.24, 2.45) is 4.99 Å². The highest BCUT2D eigenvalue weighted by molar-refractivity contribution is 14.0. The first-order chi connectivity index (χ1) is 13.5. The first-order valence-electron chi connectivity index (χ1n) is 9.35. The maximum absolute atomic E-state index is 11.9. The number of hydrogen-bond donors (Lipinski definition) is 2. The van der Waals surface area contributed by atoms with E-state index in [1.807, 2.05) is 55.4 Å². The van der Waals surface area contributed by atoms with Gasteiger partial charge in [-0.3, -0.25) is 4.79 Å². The predicted octanol–water partition coefficient (Wildman–Crippen LogP) is 2.13. The van der Waals surface area contributed by atoms with Crippen LogP contribution < -0.4 is 15.5 Å². The number of nitrogens with zero attached hydrogens (tertiary/aromatic N) is 4. The topological polar surface area (TPSA) is 72.9 Å². The highest BCUT2D eigenvalue weighted by Crippen LogP contribution is 2.08. The van der Waals surface area contributed by atoms with Crippen LogP contribution in [0.25, 0.3) is 0 Å². The molecule has 1 aromatic heterocycles. The average molecular weight is 510 g/mol. The second kappa shape index (κ2) is 13.0. The molecule has 0 spiro atoms. The van der Waals surface area contributed by atoms with E-state index in [0.717, 1.165) is 24.5 Å². The summed E-state index contributed by atoms with van der Waals surface area (Å²) in [4.78, 5) is 24.6. The summed E-state index contributed by atoms with van der Waals surface area (Å²) in [5.74, 6) is 1.48. The fraction of sp³-hybridized carbons (Fsp3) is 0.381. The van der Waals surface area contributed by atoms with Crippen molar-refractivity contribution in [3.05, 3.63) is 59.8 Å². The van der Waals surface area contributed by atoms with Crippen LogP contribution in [-0.2, 0) is 17.8 Å². The van der Waals surface area contributed by atoms with Gasteiger partial charge < -0.3 is 20.4 Å². The number of guanidine groups is 1. The van der Waals surface area contributed by atoms with Crippen molar-refractivity contribution in [2.45, 2.75) is 13.0 Å². The van der Waals surface area contributed by atoms with Gasteiger partial charge >= 0.3 is 0 Å². The fourth-order valence-corrected chi connectivity index (χ4v) is 2.43. The van der Waals surface area contributed by atoms with E-state index < -0.39 is 0 Å². The van der Waals surface area contributed by atoms with Crippen LogP contribution in [0.4, 0.5) is 5.82 Å².